The van der Waals surface area contributed by atoms with Gasteiger partial charge in [0.2, 0.25) is 0 Å². The standard InChI is InChI=1S/C13H24O3/c1-3-15-12(10-13(14)16-4-2)11-8-6-5-7-9-11/h11-12H,3-10H2,1-2H3. The first kappa shape index (κ1) is 13.5. The summed E-state index contributed by atoms with van der Waals surface area (Å²) in [6, 6.07) is 0. The molecule has 1 atom stereocenters. The third kappa shape index (κ3) is 4.52. The number of esters is 1. The molecule has 0 radical (unpaired) electrons. The Morgan fingerprint density at radius 1 is 1.19 bits per heavy atom. The Morgan fingerprint density at radius 3 is 2.44 bits per heavy atom. The fraction of sp³-hybridized carbons (Fsp3) is 0.923. The molecule has 0 aromatic carbocycles. The highest BCUT2D eigenvalue weighted by molar-refractivity contribution is 5.69. The Bertz CT molecular complexity index is 197. The summed E-state index contributed by atoms with van der Waals surface area (Å²) in [5.74, 6) is 0.435. The minimum absolute atomic E-state index is 0.0735. The van der Waals surface area contributed by atoms with Crippen molar-refractivity contribution in [3.8, 4) is 0 Å². The quantitative estimate of drug-likeness (QED) is 0.656. The third-order valence-corrected chi connectivity index (χ3v) is 3.23. The van der Waals surface area contributed by atoms with Crippen molar-refractivity contribution in [3.63, 3.8) is 0 Å². The van der Waals surface area contributed by atoms with E-state index in [0.717, 1.165) is 0 Å². The molecule has 1 unspecified atom stereocenters. The van der Waals surface area contributed by atoms with E-state index in [0.29, 0.717) is 25.6 Å². The van der Waals surface area contributed by atoms with Gasteiger partial charge in [0.15, 0.2) is 0 Å². The summed E-state index contributed by atoms with van der Waals surface area (Å²) in [6.07, 6.45) is 6.77. The zero-order chi connectivity index (χ0) is 11.8. The van der Waals surface area contributed by atoms with Gasteiger partial charge in [-0.15, -0.1) is 0 Å². The molecule has 1 saturated carbocycles. The van der Waals surface area contributed by atoms with Crippen LogP contribution in [0.1, 0.15) is 52.4 Å². The second-order valence-corrected chi connectivity index (χ2v) is 4.40. The maximum Gasteiger partial charge on any atom is 0.308 e. The van der Waals surface area contributed by atoms with Crippen LogP contribution in [0.3, 0.4) is 0 Å². The van der Waals surface area contributed by atoms with E-state index in [-0.39, 0.29) is 12.1 Å². The maximum atomic E-state index is 11.5. The van der Waals surface area contributed by atoms with Crippen LogP contribution < -0.4 is 0 Å². The molecule has 0 aromatic heterocycles. The lowest BCUT2D eigenvalue weighted by Gasteiger charge is -2.29. The molecule has 1 aliphatic carbocycles. The molecule has 3 heteroatoms. The third-order valence-electron chi connectivity index (χ3n) is 3.23. The first-order chi connectivity index (χ1) is 7.77. The van der Waals surface area contributed by atoms with Gasteiger partial charge in [0, 0.05) is 6.61 Å². The van der Waals surface area contributed by atoms with Crippen LogP contribution in [0.4, 0.5) is 0 Å². The average Bonchev–Trinajstić information content (AvgIpc) is 2.30. The smallest absolute Gasteiger partial charge is 0.308 e. The van der Waals surface area contributed by atoms with Gasteiger partial charge in [0.1, 0.15) is 0 Å². The Labute approximate surface area is 98.5 Å². The van der Waals surface area contributed by atoms with Crippen LogP contribution in [0, 0.1) is 5.92 Å². The molecular weight excluding hydrogens is 204 g/mol. The van der Waals surface area contributed by atoms with Gasteiger partial charge in [-0.25, -0.2) is 0 Å². The topological polar surface area (TPSA) is 35.5 Å². The van der Waals surface area contributed by atoms with Crippen LogP contribution >= 0.6 is 0 Å². The Balaban J connectivity index is 2.41. The first-order valence-electron chi connectivity index (χ1n) is 6.55. The van der Waals surface area contributed by atoms with Gasteiger partial charge in [0.25, 0.3) is 0 Å². The summed E-state index contributed by atoms with van der Waals surface area (Å²) >= 11 is 0. The largest absolute Gasteiger partial charge is 0.466 e. The molecule has 0 spiro atoms. The average molecular weight is 228 g/mol. The number of ether oxygens (including phenoxy) is 2. The summed E-state index contributed by atoms with van der Waals surface area (Å²) in [7, 11) is 0. The minimum Gasteiger partial charge on any atom is -0.466 e. The van der Waals surface area contributed by atoms with Gasteiger partial charge in [-0.3, -0.25) is 4.79 Å². The van der Waals surface area contributed by atoms with Crippen LogP contribution in [0.5, 0.6) is 0 Å². The molecule has 0 aromatic rings. The van der Waals surface area contributed by atoms with Crippen molar-refractivity contribution in [2.45, 2.75) is 58.5 Å². The minimum atomic E-state index is -0.119. The SMILES string of the molecule is CCOC(=O)CC(OCC)C1CCCCC1. The van der Waals surface area contributed by atoms with Crippen molar-refractivity contribution >= 4 is 5.97 Å². The molecule has 0 aliphatic heterocycles. The molecular formula is C13H24O3. The molecule has 16 heavy (non-hydrogen) atoms. The first-order valence-corrected chi connectivity index (χ1v) is 6.55. The molecule has 0 N–H and O–H groups in total. The monoisotopic (exact) mass is 228 g/mol. The number of carbonyl (C=O) groups is 1. The van der Waals surface area contributed by atoms with E-state index in [1.165, 1.54) is 32.1 Å². The number of carbonyl (C=O) groups excluding carboxylic acids is 1. The summed E-state index contributed by atoms with van der Waals surface area (Å²) in [6.45, 7) is 4.97. The van der Waals surface area contributed by atoms with Crippen LogP contribution in [0.25, 0.3) is 0 Å². The van der Waals surface area contributed by atoms with E-state index < -0.39 is 0 Å². The molecule has 1 rings (SSSR count). The van der Waals surface area contributed by atoms with E-state index in [4.69, 9.17) is 9.47 Å². The van der Waals surface area contributed by atoms with Crippen molar-refractivity contribution in [3.05, 3.63) is 0 Å². The van der Waals surface area contributed by atoms with E-state index in [1.807, 2.05) is 13.8 Å². The number of hydrogen-bond donors (Lipinski definition) is 0. The predicted octanol–water partition coefficient (Wildman–Crippen LogP) is 2.93. The maximum absolute atomic E-state index is 11.5. The fourth-order valence-corrected chi connectivity index (χ4v) is 2.47. The van der Waals surface area contributed by atoms with Crippen LogP contribution in [-0.4, -0.2) is 25.3 Å². The van der Waals surface area contributed by atoms with E-state index in [9.17, 15) is 4.79 Å². The van der Waals surface area contributed by atoms with Crippen molar-refractivity contribution in [1.29, 1.82) is 0 Å². The lowest BCUT2D eigenvalue weighted by atomic mass is 9.84. The fourth-order valence-electron chi connectivity index (χ4n) is 2.47. The molecule has 0 amide bonds. The van der Waals surface area contributed by atoms with Gasteiger partial charge in [0.05, 0.1) is 19.1 Å². The number of hydrogen-bond acceptors (Lipinski definition) is 3. The molecule has 94 valence electrons. The zero-order valence-corrected chi connectivity index (χ0v) is 10.5. The highest BCUT2D eigenvalue weighted by Crippen LogP contribution is 2.29. The molecule has 1 aliphatic rings. The van der Waals surface area contributed by atoms with E-state index >= 15 is 0 Å². The lowest BCUT2D eigenvalue weighted by Crippen LogP contribution is -2.29. The molecule has 0 heterocycles. The number of rotatable bonds is 6. The second kappa shape index (κ2) is 7.66. The van der Waals surface area contributed by atoms with Crippen molar-refractivity contribution in [2.75, 3.05) is 13.2 Å². The van der Waals surface area contributed by atoms with Crippen LogP contribution in [-0.2, 0) is 14.3 Å². The Hall–Kier alpha value is -0.570. The lowest BCUT2D eigenvalue weighted by molar-refractivity contribution is -0.147. The van der Waals surface area contributed by atoms with Gasteiger partial charge in [-0.2, -0.15) is 0 Å². The van der Waals surface area contributed by atoms with Crippen LogP contribution in [0.15, 0.2) is 0 Å². The molecule has 3 nitrogen and oxygen atoms in total. The summed E-state index contributed by atoms with van der Waals surface area (Å²) in [4.78, 5) is 11.5. The van der Waals surface area contributed by atoms with Gasteiger partial charge in [-0.05, 0) is 32.6 Å². The van der Waals surface area contributed by atoms with Crippen molar-refractivity contribution in [1.82, 2.24) is 0 Å². The van der Waals surface area contributed by atoms with Gasteiger partial charge < -0.3 is 9.47 Å². The van der Waals surface area contributed by atoms with Gasteiger partial charge in [-0.1, -0.05) is 19.3 Å². The Morgan fingerprint density at radius 2 is 1.88 bits per heavy atom. The predicted molar refractivity (Wildman–Crippen MR) is 63.2 cm³/mol. The van der Waals surface area contributed by atoms with Gasteiger partial charge >= 0.3 is 5.97 Å². The summed E-state index contributed by atoms with van der Waals surface area (Å²) < 4.78 is 10.7. The van der Waals surface area contributed by atoms with E-state index in [1.54, 1.807) is 0 Å². The molecule has 1 fully saturated rings. The highest BCUT2D eigenvalue weighted by Gasteiger charge is 2.26. The molecule has 0 saturated heterocycles. The van der Waals surface area contributed by atoms with Crippen molar-refractivity contribution < 1.29 is 14.3 Å². The zero-order valence-electron chi connectivity index (χ0n) is 10.5. The summed E-state index contributed by atoms with van der Waals surface area (Å²) in [5.41, 5.74) is 0. The molecule has 0 bridgehead atoms. The summed E-state index contributed by atoms with van der Waals surface area (Å²) in [5, 5.41) is 0. The second-order valence-electron chi connectivity index (χ2n) is 4.40. The van der Waals surface area contributed by atoms with Crippen molar-refractivity contribution in [2.24, 2.45) is 5.92 Å². The Kier molecular flexibility index (Phi) is 6.46. The normalized spacial score (nSPS) is 19.4. The highest BCUT2D eigenvalue weighted by atomic mass is 16.5. The van der Waals surface area contributed by atoms with Crippen LogP contribution in [0.2, 0.25) is 0 Å². The van der Waals surface area contributed by atoms with E-state index in [2.05, 4.69) is 0 Å².